The van der Waals surface area contributed by atoms with Gasteiger partial charge in [0.1, 0.15) is 11.4 Å². The van der Waals surface area contributed by atoms with Gasteiger partial charge in [0.05, 0.1) is 5.56 Å². The number of sulfonamides is 1. The fourth-order valence-electron chi connectivity index (χ4n) is 5.33. The monoisotopic (exact) mass is 643 g/mol. The number of carbonyl (C=O) groups is 2. The van der Waals surface area contributed by atoms with Gasteiger partial charge in [-0.05, 0) is 83.6 Å². The lowest BCUT2D eigenvalue weighted by Gasteiger charge is -2.33. The number of nitrogens with one attached hydrogen (secondary N) is 2. The highest BCUT2D eigenvalue weighted by Gasteiger charge is 2.42. The number of anilines is 1. The number of hydrogen-bond donors (Lipinski definition) is 2. The van der Waals surface area contributed by atoms with Gasteiger partial charge in [0, 0.05) is 30.6 Å². The number of carbonyl (C=O) groups excluding carboxylic acids is 2. The van der Waals surface area contributed by atoms with Gasteiger partial charge in [0.15, 0.2) is 5.03 Å². The van der Waals surface area contributed by atoms with Crippen LogP contribution in [-0.2, 0) is 21.2 Å². The van der Waals surface area contributed by atoms with Crippen LogP contribution in [0.5, 0.6) is 0 Å². The fraction of sp³-hybridized carbons (Fsp3) is 0.438. The molecular weight excluding hydrogens is 604 g/mol. The van der Waals surface area contributed by atoms with E-state index in [9.17, 15) is 26.8 Å². The zero-order valence-corrected chi connectivity index (χ0v) is 26.9. The van der Waals surface area contributed by atoms with E-state index in [1.165, 1.54) is 12.1 Å². The first-order chi connectivity index (χ1) is 21.0. The minimum absolute atomic E-state index is 0.0305. The molecule has 1 fully saturated rings. The first-order valence-corrected chi connectivity index (χ1v) is 16.2. The molecule has 4 rings (SSSR count). The predicted octanol–water partition coefficient (Wildman–Crippen LogP) is 5.69. The summed E-state index contributed by atoms with van der Waals surface area (Å²) in [6.45, 7) is 10.6. The molecule has 45 heavy (non-hydrogen) atoms. The Morgan fingerprint density at radius 3 is 2.44 bits per heavy atom. The Balaban J connectivity index is 1.34. The van der Waals surface area contributed by atoms with E-state index in [2.05, 4.69) is 15.3 Å². The summed E-state index contributed by atoms with van der Waals surface area (Å²) >= 11 is 0. The van der Waals surface area contributed by atoms with E-state index >= 15 is 0 Å². The average Bonchev–Trinajstić information content (AvgIpc) is 3.26. The minimum Gasteiger partial charge on any atom is -0.444 e. The lowest BCUT2D eigenvalue weighted by atomic mass is 9.93. The highest BCUT2D eigenvalue weighted by atomic mass is 32.2. The van der Waals surface area contributed by atoms with Gasteiger partial charge < -0.3 is 15.0 Å². The van der Waals surface area contributed by atoms with Crippen molar-refractivity contribution >= 4 is 27.8 Å². The molecule has 0 spiro atoms. The number of likely N-dealkylation sites (tertiary alicyclic amines) is 1. The van der Waals surface area contributed by atoms with Gasteiger partial charge in [-0.1, -0.05) is 36.4 Å². The van der Waals surface area contributed by atoms with Crippen molar-refractivity contribution in [1.29, 1.82) is 0 Å². The molecule has 0 bridgehead atoms. The topological polar surface area (TPSA) is 131 Å². The normalized spacial score (nSPS) is 16.3. The van der Waals surface area contributed by atoms with Gasteiger partial charge in [0.2, 0.25) is 11.9 Å². The van der Waals surface area contributed by atoms with Crippen LogP contribution in [0.1, 0.15) is 75.4 Å². The van der Waals surface area contributed by atoms with Crippen molar-refractivity contribution < 1.29 is 31.5 Å². The van der Waals surface area contributed by atoms with Crippen LogP contribution in [0.3, 0.4) is 0 Å². The van der Waals surface area contributed by atoms with E-state index in [0.29, 0.717) is 18.7 Å². The van der Waals surface area contributed by atoms with Crippen molar-refractivity contribution in [3.8, 4) is 0 Å². The van der Waals surface area contributed by atoms with Crippen LogP contribution in [-0.4, -0.2) is 59.5 Å². The molecule has 242 valence electrons. The average molecular weight is 644 g/mol. The van der Waals surface area contributed by atoms with Gasteiger partial charge in [0.25, 0.3) is 15.9 Å². The van der Waals surface area contributed by atoms with Crippen LogP contribution >= 0.6 is 0 Å². The van der Waals surface area contributed by atoms with E-state index in [-0.39, 0.29) is 35.4 Å². The number of amides is 2. The second-order valence-corrected chi connectivity index (χ2v) is 14.4. The Kier molecular flexibility index (Phi) is 10.1. The highest BCUT2D eigenvalue weighted by Crippen LogP contribution is 2.36. The molecule has 2 N–H and O–H groups in total. The maximum Gasteiger partial charge on any atom is 0.410 e. The van der Waals surface area contributed by atoms with E-state index in [0.717, 1.165) is 25.3 Å². The Labute approximate surface area is 262 Å². The molecule has 1 aliphatic rings. The Bertz CT molecular complexity index is 1650. The Morgan fingerprint density at radius 1 is 1.04 bits per heavy atom. The molecule has 10 nitrogen and oxygen atoms in total. The van der Waals surface area contributed by atoms with Crippen LogP contribution in [0.25, 0.3) is 0 Å². The molecule has 1 atom stereocenters. The molecule has 1 saturated heterocycles. The van der Waals surface area contributed by atoms with Gasteiger partial charge >= 0.3 is 6.09 Å². The van der Waals surface area contributed by atoms with Crippen LogP contribution in [0.4, 0.5) is 19.4 Å². The molecule has 1 aromatic carbocycles. The van der Waals surface area contributed by atoms with Crippen molar-refractivity contribution in [2.45, 2.75) is 76.5 Å². The van der Waals surface area contributed by atoms with Gasteiger partial charge in [-0.2, -0.15) is 22.2 Å². The third-order valence-electron chi connectivity index (χ3n) is 7.38. The predicted molar refractivity (Wildman–Crippen MR) is 165 cm³/mol. The summed E-state index contributed by atoms with van der Waals surface area (Å²) < 4.78 is 62.1. The largest absolute Gasteiger partial charge is 0.444 e. The maximum absolute atomic E-state index is 14.5. The zero-order valence-electron chi connectivity index (χ0n) is 26.1. The van der Waals surface area contributed by atoms with Crippen molar-refractivity contribution in [2.24, 2.45) is 5.92 Å². The molecule has 3 heterocycles. The van der Waals surface area contributed by atoms with Crippen molar-refractivity contribution in [1.82, 2.24) is 19.6 Å². The number of nitrogens with zero attached hydrogens (tertiary/aromatic N) is 3. The first kappa shape index (κ1) is 33.8. The number of halogens is 2. The van der Waals surface area contributed by atoms with E-state index in [4.69, 9.17) is 4.74 Å². The van der Waals surface area contributed by atoms with Crippen LogP contribution in [0.2, 0.25) is 0 Å². The fourth-order valence-corrected chi connectivity index (χ4v) is 6.26. The summed E-state index contributed by atoms with van der Waals surface area (Å²) in [6.07, 6.45) is 2.10. The summed E-state index contributed by atoms with van der Waals surface area (Å²) in [4.78, 5) is 34.5. The summed E-state index contributed by atoms with van der Waals surface area (Å²) in [5.41, 5.74) is -0.973. The number of pyridine rings is 2. The van der Waals surface area contributed by atoms with Crippen molar-refractivity contribution in [2.75, 3.05) is 18.4 Å². The van der Waals surface area contributed by atoms with Crippen molar-refractivity contribution in [3.05, 3.63) is 83.2 Å². The Morgan fingerprint density at radius 2 is 1.76 bits per heavy atom. The Hall–Kier alpha value is -4.13. The molecule has 0 saturated carbocycles. The number of hydrogen-bond acceptors (Lipinski definition) is 8. The molecule has 13 heteroatoms. The molecule has 2 amide bonds. The quantitative estimate of drug-likeness (QED) is 0.213. The summed E-state index contributed by atoms with van der Waals surface area (Å²) in [5.74, 6) is -3.27. The van der Waals surface area contributed by atoms with E-state index < -0.39 is 44.0 Å². The maximum atomic E-state index is 14.5. The third kappa shape index (κ3) is 8.96. The molecule has 0 aliphatic carbocycles. The second-order valence-electron chi connectivity index (χ2n) is 12.8. The van der Waals surface area contributed by atoms with Gasteiger partial charge in [-0.15, -0.1) is 0 Å². The summed E-state index contributed by atoms with van der Waals surface area (Å²) in [6, 6.07) is 13.9. The second kappa shape index (κ2) is 13.5. The first-order valence-electron chi connectivity index (χ1n) is 14.7. The molecule has 0 radical (unpaired) electrons. The lowest BCUT2D eigenvalue weighted by molar-refractivity contribution is 0.0130. The number of ether oxygens (including phenoxy) is 1. The van der Waals surface area contributed by atoms with E-state index in [1.807, 2.05) is 34.6 Å². The van der Waals surface area contributed by atoms with Crippen LogP contribution in [0, 0.1) is 17.8 Å². The van der Waals surface area contributed by atoms with E-state index in [1.54, 1.807) is 46.0 Å². The molecule has 1 aliphatic heterocycles. The molecule has 2 aromatic heterocycles. The summed E-state index contributed by atoms with van der Waals surface area (Å²) in [5, 5.41) is 2.64. The number of benzene rings is 1. The number of rotatable bonds is 10. The van der Waals surface area contributed by atoms with Gasteiger partial charge in [-0.3, -0.25) is 4.79 Å². The highest BCUT2D eigenvalue weighted by molar-refractivity contribution is 7.90. The van der Waals surface area contributed by atoms with Gasteiger partial charge in [-0.25, -0.2) is 14.5 Å². The molecule has 0 unspecified atom stereocenters. The lowest BCUT2D eigenvalue weighted by Crippen LogP contribution is -2.45. The zero-order chi connectivity index (χ0) is 33.0. The smallest absolute Gasteiger partial charge is 0.410 e. The van der Waals surface area contributed by atoms with Crippen LogP contribution < -0.4 is 10.0 Å². The van der Waals surface area contributed by atoms with Crippen LogP contribution in [0.15, 0.2) is 59.6 Å². The standard InChI is InChI=1S/C32H39F2N5O5S/c1-31(2,3)44-30(41)39-20-22(19-32(39,4)5)13-10-16-35-25-14-9-15-26(36-25)45(42,43)38-29(40)24-18-23(27(33)37-28(24)34)17-21-11-7-6-8-12-21/h6-9,11-12,14-15,18,22H,10,13,16-17,19-20H2,1-5H3,(H,35,36)(H,38,40)/t22-/m0/s1. The minimum atomic E-state index is -4.50. The third-order valence-corrected chi connectivity index (χ3v) is 8.61. The SMILES string of the molecule is CC(C)(C)OC(=O)N1C[C@@H](CCCNc2cccc(S(=O)(=O)NC(=O)c3cc(Cc4ccccc4)c(F)nc3F)n2)CC1(C)C. The number of aromatic nitrogens is 2. The molecular formula is C32H39F2N5O5S. The summed E-state index contributed by atoms with van der Waals surface area (Å²) in [7, 11) is -4.50. The molecule has 3 aromatic rings. The van der Waals surface area contributed by atoms with Crippen molar-refractivity contribution in [3.63, 3.8) is 0 Å².